The summed E-state index contributed by atoms with van der Waals surface area (Å²) >= 11 is 5.39. The molecule has 0 aromatic rings. The molecule has 1 amide bonds. The van der Waals surface area contributed by atoms with Crippen molar-refractivity contribution >= 4 is 17.5 Å². The fourth-order valence-corrected chi connectivity index (χ4v) is 0.622. The van der Waals surface area contributed by atoms with E-state index in [-0.39, 0.29) is 17.5 Å². The second-order valence-electron chi connectivity index (χ2n) is 2.33. The first-order valence-corrected chi connectivity index (χ1v) is 4.34. The molecule has 0 atom stereocenters. The third-order valence-electron chi connectivity index (χ3n) is 1.15. The quantitative estimate of drug-likeness (QED) is 0.563. The van der Waals surface area contributed by atoms with Gasteiger partial charge >= 0.3 is 0 Å². The number of allylic oxidation sites excluding steroid dienone is 4. The summed E-state index contributed by atoms with van der Waals surface area (Å²) in [5.74, 6) is -1.06. The topological polar surface area (TPSA) is 38.3 Å². The molecule has 0 fully saturated rings. The Balaban J connectivity index is 3.82. The number of carbonyl (C=O) groups excluding carboxylic acids is 1. The minimum atomic E-state index is -0.731. The molecule has 0 bridgehead atoms. The normalized spacial score (nSPS) is 11.2. The van der Waals surface area contributed by atoms with Gasteiger partial charge in [-0.05, 0) is 18.4 Å². The largest absolute Gasteiger partial charge is 0.491 e. The molecule has 0 saturated carbocycles. The molecule has 0 aromatic heterocycles. The van der Waals surface area contributed by atoms with E-state index in [1.54, 1.807) is 0 Å². The first-order chi connectivity index (χ1) is 7.07. The molecule has 0 heterocycles. The van der Waals surface area contributed by atoms with Crippen LogP contribution in [-0.2, 0) is 9.53 Å². The van der Waals surface area contributed by atoms with Gasteiger partial charge in [-0.25, -0.2) is 4.39 Å². The lowest BCUT2D eigenvalue weighted by atomic mass is 10.4. The highest BCUT2D eigenvalue weighted by Crippen LogP contribution is 2.12. The second-order valence-corrected chi connectivity index (χ2v) is 2.74. The third-order valence-corrected chi connectivity index (χ3v) is 1.49. The van der Waals surface area contributed by atoms with E-state index >= 15 is 0 Å². The lowest BCUT2D eigenvalue weighted by Gasteiger charge is -1.98. The van der Waals surface area contributed by atoms with E-state index in [1.807, 2.05) is 0 Å². The zero-order valence-electron chi connectivity index (χ0n) is 8.00. The van der Waals surface area contributed by atoms with Gasteiger partial charge in [0, 0.05) is 0 Å². The van der Waals surface area contributed by atoms with Crippen molar-refractivity contribution in [1.29, 1.82) is 0 Å². The van der Waals surface area contributed by atoms with Gasteiger partial charge < -0.3 is 10.1 Å². The summed E-state index contributed by atoms with van der Waals surface area (Å²) < 4.78 is 17.1. The number of hydrogen-bond donors (Lipinski definition) is 1. The Bertz CT molecular complexity index is 311. The summed E-state index contributed by atoms with van der Waals surface area (Å²) in [5, 5.41) is 2.19. The zero-order valence-corrected chi connectivity index (χ0v) is 8.76. The summed E-state index contributed by atoms with van der Waals surface area (Å²) in [6, 6.07) is 0. The van der Waals surface area contributed by atoms with Crippen molar-refractivity contribution < 1.29 is 13.9 Å². The fraction of sp³-hybridized carbons (Fsp3) is 0.100. The predicted octanol–water partition coefficient (Wildman–Crippen LogP) is 2.38. The highest BCUT2D eigenvalue weighted by Gasteiger charge is 1.95. The van der Waals surface area contributed by atoms with Crippen LogP contribution >= 0.6 is 11.6 Å². The SMILES string of the molecule is C=CNC(=O)CO/C=C/C=C(/Cl)C(=C)F. The summed E-state index contributed by atoms with van der Waals surface area (Å²) in [4.78, 5) is 10.8. The fourth-order valence-electron chi connectivity index (χ4n) is 0.549. The molecule has 0 saturated heterocycles. The summed E-state index contributed by atoms with van der Waals surface area (Å²) in [6.07, 6.45) is 5.08. The Morgan fingerprint density at radius 2 is 2.27 bits per heavy atom. The van der Waals surface area contributed by atoms with Crippen molar-refractivity contribution in [1.82, 2.24) is 5.32 Å². The molecular formula is C10H11ClFNO2. The van der Waals surface area contributed by atoms with Crippen molar-refractivity contribution in [2.45, 2.75) is 0 Å². The molecule has 0 aliphatic rings. The molecule has 0 unspecified atom stereocenters. The van der Waals surface area contributed by atoms with Crippen molar-refractivity contribution in [3.8, 4) is 0 Å². The number of amides is 1. The van der Waals surface area contributed by atoms with Gasteiger partial charge in [0.2, 0.25) is 0 Å². The van der Waals surface area contributed by atoms with Crippen LogP contribution in [0, 0.1) is 0 Å². The summed E-state index contributed by atoms with van der Waals surface area (Å²) in [6.45, 7) is 6.15. The standard InChI is InChI=1S/C10H11ClFNO2/c1-3-13-10(14)7-15-6-4-5-9(11)8(2)12/h3-6H,1-2,7H2,(H,13,14)/b6-4+,9-5+. The summed E-state index contributed by atoms with van der Waals surface area (Å²) in [5.41, 5.74) is 0. The molecule has 82 valence electrons. The molecule has 0 aromatic carbocycles. The number of hydrogen-bond acceptors (Lipinski definition) is 2. The van der Waals surface area contributed by atoms with E-state index in [0.717, 1.165) is 0 Å². The van der Waals surface area contributed by atoms with E-state index in [2.05, 4.69) is 18.5 Å². The van der Waals surface area contributed by atoms with E-state index in [4.69, 9.17) is 16.3 Å². The number of nitrogens with one attached hydrogen (secondary N) is 1. The van der Waals surface area contributed by atoms with Crippen molar-refractivity contribution in [2.75, 3.05) is 6.61 Å². The maximum Gasteiger partial charge on any atom is 0.261 e. The first-order valence-electron chi connectivity index (χ1n) is 3.97. The first kappa shape index (κ1) is 13.5. The zero-order chi connectivity index (χ0) is 11.7. The van der Waals surface area contributed by atoms with Crippen LogP contribution in [0.1, 0.15) is 0 Å². The molecular weight excluding hydrogens is 221 g/mol. The minimum Gasteiger partial charge on any atom is -0.491 e. The molecule has 3 nitrogen and oxygen atoms in total. The van der Waals surface area contributed by atoms with Gasteiger partial charge in [-0.2, -0.15) is 0 Å². The van der Waals surface area contributed by atoms with Gasteiger partial charge in [-0.1, -0.05) is 24.8 Å². The van der Waals surface area contributed by atoms with Crippen LogP contribution in [0.4, 0.5) is 4.39 Å². The van der Waals surface area contributed by atoms with Crippen LogP contribution in [-0.4, -0.2) is 12.5 Å². The van der Waals surface area contributed by atoms with Crippen molar-refractivity contribution in [2.24, 2.45) is 0 Å². The van der Waals surface area contributed by atoms with E-state index in [0.29, 0.717) is 0 Å². The Hall–Kier alpha value is -1.55. The average Bonchev–Trinajstić information content (AvgIpc) is 2.17. The predicted molar refractivity (Wildman–Crippen MR) is 57.6 cm³/mol. The molecule has 0 radical (unpaired) electrons. The van der Waals surface area contributed by atoms with Gasteiger partial charge in [0.05, 0.1) is 11.3 Å². The van der Waals surface area contributed by atoms with Gasteiger partial charge in [0.25, 0.3) is 5.91 Å². The monoisotopic (exact) mass is 231 g/mol. The Morgan fingerprint density at radius 1 is 1.60 bits per heavy atom. The van der Waals surface area contributed by atoms with Gasteiger partial charge in [0.1, 0.15) is 5.83 Å². The maximum absolute atomic E-state index is 12.3. The molecule has 5 heteroatoms. The number of ether oxygens (including phenoxy) is 1. The lowest BCUT2D eigenvalue weighted by Crippen LogP contribution is -2.20. The summed E-state index contributed by atoms with van der Waals surface area (Å²) in [7, 11) is 0. The van der Waals surface area contributed by atoms with Crippen LogP contribution in [0.2, 0.25) is 0 Å². The molecule has 15 heavy (non-hydrogen) atoms. The number of carbonyl (C=O) groups is 1. The molecule has 0 rings (SSSR count). The molecule has 0 aliphatic carbocycles. The van der Waals surface area contributed by atoms with Crippen LogP contribution in [0.15, 0.2) is 48.6 Å². The Labute approximate surface area is 92.6 Å². The van der Waals surface area contributed by atoms with Crippen LogP contribution in [0.5, 0.6) is 0 Å². The van der Waals surface area contributed by atoms with Gasteiger partial charge in [-0.15, -0.1) is 0 Å². The second kappa shape index (κ2) is 7.82. The number of rotatable bonds is 6. The van der Waals surface area contributed by atoms with Gasteiger partial charge in [-0.3, -0.25) is 4.79 Å². The molecule has 0 spiro atoms. The van der Waals surface area contributed by atoms with E-state index in [9.17, 15) is 9.18 Å². The van der Waals surface area contributed by atoms with Crippen molar-refractivity contribution in [3.63, 3.8) is 0 Å². The highest BCUT2D eigenvalue weighted by molar-refractivity contribution is 6.31. The van der Waals surface area contributed by atoms with Crippen LogP contribution in [0.3, 0.4) is 0 Å². The Kier molecular flexibility index (Phi) is 7.01. The average molecular weight is 232 g/mol. The lowest BCUT2D eigenvalue weighted by molar-refractivity contribution is -0.123. The van der Waals surface area contributed by atoms with Crippen molar-refractivity contribution in [3.05, 3.63) is 48.6 Å². The van der Waals surface area contributed by atoms with E-state index < -0.39 is 5.83 Å². The highest BCUT2D eigenvalue weighted by atomic mass is 35.5. The van der Waals surface area contributed by atoms with Crippen LogP contribution < -0.4 is 5.32 Å². The molecule has 1 N–H and O–H groups in total. The van der Waals surface area contributed by atoms with E-state index in [1.165, 1.54) is 24.6 Å². The third kappa shape index (κ3) is 7.52. The number of halogens is 2. The van der Waals surface area contributed by atoms with Gasteiger partial charge in [0.15, 0.2) is 6.61 Å². The Morgan fingerprint density at radius 3 is 2.80 bits per heavy atom. The minimum absolute atomic E-state index is 0.120. The van der Waals surface area contributed by atoms with Crippen LogP contribution in [0.25, 0.3) is 0 Å². The smallest absolute Gasteiger partial charge is 0.261 e. The molecule has 0 aliphatic heterocycles. The maximum atomic E-state index is 12.3.